The lowest BCUT2D eigenvalue weighted by Gasteiger charge is -2.14. The first kappa shape index (κ1) is 19.0. The number of rotatable bonds is 8. The highest BCUT2D eigenvalue weighted by Gasteiger charge is 2.10. The van der Waals surface area contributed by atoms with Crippen LogP contribution < -0.4 is 10.6 Å². The Morgan fingerprint density at radius 2 is 1.60 bits per heavy atom. The van der Waals surface area contributed by atoms with Gasteiger partial charge in [0, 0.05) is 29.6 Å². The number of anilines is 1. The molecule has 0 radical (unpaired) electrons. The van der Waals surface area contributed by atoms with E-state index in [9.17, 15) is 9.59 Å². The van der Waals surface area contributed by atoms with Crippen LogP contribution in [0.5, 0.6) is 0 Å². The highest BCUT2D eigenvalue weighted by atomic mass is 35.5. The maximum atomic E-state index is 12.0. The molecule has 0 fully saturated rings. The molecule has 5 heteroatoms. The molecule has 0 aliphatic rings. The minimum atomic E-state index is -0.186. The number of amides is 2. The molecule has 0 saturated carbocycles. The third-order valence-corrected chi connectivity index (χ3v) is 4.08. The molecule has 0 aliphatic heterocycles. The number of halogens is 1. The Balaban J connectivity index is 1.65. The van der Waals surface area contributed by atoms with E-state index in [0.717, 1.165) is 12.8 Å². The van der Waals surface area contributed by atoms with Crippen molar-refractivity contribution in [1.29, 1.82) is 0 Å². The largest absolute Gasteiger partial charge is 0.354 e. The lowest BCUT2D eigenvalue weighted by Crippen LogP contribution is -2.33. The van der Waals surface area contributed by atoms with E-state index in [4.69, 9.17) is 11.6 Å². The van der Waals surface area contributed by atoms with Gasteiger partial charge in [0.15, 0.2) is 0 Å². The molecule has 132 valence electrons. The average molecular weight is 359 g/mol. The molecule has 0 aliphatic carbocycles. The molecule has 25 heavy (non-hydrogen) atoms. The standard InChI is InChI=1S/C20H23ClN2O2/c1-15(7-8-16-5-3-2-4-6-16)22-19(24)13-14-20(25)23-18-11-9-17(21)10-12-18/h2-6,9-12,15H,7-8,13-14H2,1H3,(H,22,24)(H,23,25). The first-order valence-electron chi connectivity index (χ1n) is 8.41. The highest BCUT2D eigenvalue weighted by Crippen LogP contribution is 2.13. The third kappa shape index (κ3) is 7.40. The van der Waals surface area contributed by atoms with Crippen molar-refractivity contribution in [3.8, 4) is 0 Å². The van der Waals surface area contributed by atoms with Gasteiger partial charge in [-0.3, -0.25) is 9.59 Å². The average Bonchev–Trinajstić information content (AvgIpc) is 2.61. The summed E-state index contributed by atoms with van der Waals surface area (Å²) in [4.78, 5) is 23.8. The summed E-state index contributed by atoms with van der Waals surface area (Å²) < 4.78 is 0. The summed E-state index contributed by atoms with van der Waals surface area (Å²) in [6, 6.07) is 17.1. The number of hydrogen-bond acceptors (Lipinski definition) is 2. The maximum absolute atomic E-state index is 12.0. The molecule has 2 aromatic rings. The summed E-state index contributed by atoms with van der Waals surface area (Å²) in [5.74, 6) is -0.291. The van der Waals surface area contributed by atoms with Crippen LogP contribution in [0, 0.1) is 0 Å². The van der Waals surface area contributed by atoms with Crippen molar-refractivity contribution in [3.63, 3.8) is 0 Å². The molecule has 0 heterocycles. The van der Waals surface area contributed by atoms with Crippen LogP contribution in [0.3, 0.4) is 0 Å². The van der Waals surface area contributed by atoms with Gasteiger partial charge in [-0.1, -0.05) is 41.9 Å². The molecule has 4 nitrogen and oxygen atoms in total. The van der Waals surface area contributed by atoms with Gasteiger partial charge >= 0.3 is 0 Å². The van der Waals surface area contributed by atoms with Crippen LogP contribution in [0.2, 0.25) is 5.02 Å². The van der Waals surface area contributed by atoms with Gasteiger partial charge in [0.25, 0.3) is 0 Å². The van der Waals surface area contributed by atoms with Crippen LogP contribution in [0.15, 0.2) is 54.6 Å². The number of carbonyl (C=O) groups is 2. The molecule has 2 aromatic carbocycles. The van der Waals surface area contributed by atoms with Crippen LogP contribution in [-0.2, 0) is 16.0 Å². The summed E-state index contributed by atoms with van der Waals surface area (Å²) in [7, 11) is 0. The van der Waals surface area contributed by atoms with Crippen LogP contribution in [-0.4, -0.2) is 17.9 Å². The van der Waals surface area contributed by atoms with Gasteiger partial charge in [-0.2, -0.15) is 0 Å². The Kier molecular flexibility index (Phi) is 7.48. The molecule has 0 saturated heterocycles. The molecule has 0 aromatic heterocycles. The summed E-state index contributed by atoms with van der Waals surface area (Å²) in [6.07, 6.45) is 2.11. The van der Waals surface area contributed by atoms with Crippen LogP contribution >= 0.6 is 11.6 Å². The topological polar surface area (TPSA) is 58.2 Å². The third-order valence-electron chi connectivity index (χ3n) is 3.82. The van der Waals surface area contributed by atoms with E-state index < -0.39 is 0 Å². The SMILES string of the molecule is CC(CCc1ccccc1)NC(=O)CCC(=O)Nc1ccc(Cl)cc1. The van der Waals surface area contributed by atoms with Gasteiger partial charge < -0.3 is 10.6 Å². The first-order chi connectivity index (χ1) is 12.0. The second-order valence-electron chi connectivity index (χ2n) is 6.05. The predicted octanol–water partition coefficient (Wildman–Crippen LogP) is 4.20. The molecular weight excluding hydrogens is 336 g/mol. The van der Waals surface area contributed by atoms with Crippen molar-refractivity contribution in [3.05, 3.63) is 65.2 Å². The van der Waals surface area contributed by atoms with E-state index in [1.165, 1.54) is 5.56 Å². The number of benzene rings is 2. The number of nitrogens with one attached hydrogen (secondary N) is 2. The van der Waals surface area contributed by atoms with Crippen LogP contribution in [0.1, 0.15) is 31.7 Å². The van der Waals surface area contributed by atoms with E-state index in [2.05, 4.69) is 22.8 Å². The zero-order valence-electron chi connectivity index (χ0n) is 14.3. The molecule has 2 rings (SSSR count). The van der Waals surface area contributed by atoms with Crippen molar-refractivity contribution < 1.29 is 9.59 Å². The Bertz CT molecular complexity index is 687. The Morgan fingerprint density at radius 3 is 2.28 bits per heavy atom. The van der Waals surface area contributed by atoms with Gasteiger partial charge in [-0.25, -0.2) is 0 Å². The van der Waals surface area contributed by atoms with Gasteiger partial charge in [0.1, 0.15) is 0 Å². The van der Waals surface area contributed by atoms with Crippen molar-refractivity contribution in [2.75, 3.05) is 5.32 Å². The number of hydrogen-bond donors (Lipinski definition) is 2. The van der Waals surface area contributed by atoms with Crippen LogP contribution in [0.25, 0.3) is 0 Å². The highest BCUT2D eigenvalue weighted by molar-refractivity contribution is 6.30. The first-order valence-corrected chi connectivity index (χ1v) is 8.79. The lowest BCUT2D eigenvalue weighted by atomic mass is 10.1. The van der Waals surface area contributed by atoms with Gasteiger partial charge in [-0.15, -0.1) is 0 Å². The lowest BCUT2D eigenvalue weighted by molar-refractivity contribution is -0.124. The van der Waals surface area contributed by atoms with E-state index in [-0.39, 0.29) is 30.7 Å². The summed E-state index contributed by atoms with van der Waals surface area (Å²) in [5, 5.41) is 6.30. The molecular formula is C20H23ClN2O2. The normalized spacial score (nSPS) is 11.6. The van der Waals surface area contributed by atoms with Crippen LogP contribution in [0.4, 0.5) is 5.69 Å². The van der Waals surface area contributed by atoms with Gasteiger partial charge in [0.2, 0.25) is 11.8 Å². The van der Waals surface area contributed by atoms with E-state index >= 15 is 0 Å². The summed E-state index contributed by atoms with van der Waals surface area (Å²) >= 11 is 5.80. The van der Waals surface area contributed by atoms with Crippen molar-refractivity contribution in [1.82, 2.24) is 5.32 Å². The van der Waals surface area contributed by atoms with Crippen molar-refractivity contribution >= 4 is 29.1 Å². The fourth-order valence-corrected chi connectivity index (χ4v) is 2.56. The molecule has 0 bridgehead atoms. The molecule has 1 unspecified atom stereocenters. The summed E-state index contributed by atoms with van der Waals surface area (Å²) in [6.45, 7) is 1.98. The molecule has 1 atom stereocenters. The smallest absolute Gasteiger partial charge is 0.224 e. The zero-order chi connectivity index (χ0) is 18.1. The number of carbonyl (C=O) groups excluding carboxylic acids is 2. The molecule has 2 amide bonds. The van der Waals surface area contributed by atoms with E-state index in [1.807, 2.05) is 25.1 Å². The fraction of sp³-hybridized carbons (Fsp3) is 0.300. The minimum Gasteiger partial charge on any atom is -0.354 e. The number of aryl methyl sites for hydroxylation is 1. The van der Waals surface area contributed by atoms with Crippen molar-refractivity contribution in [2.45, 2.75) is 38.6 Å². The fourth-order valence-electron chi connectivity index (χ4n) is 2.43. The quantitative estimate of drug-likeness (QED) is 0.743. The minimum absolute atomic E-state index is 0.0760. The van der Waals surface area contributed by atoms with Crippen molar-refractivity contribution in [2.24, 2.45) is 0 Å². The second-order valence-corrected chi connectivity index (χ2v) is 6.48. The molecule has 2 N–H and O–H groups in total. The van der Waals surface area contributed by atoms with E-state index in [1.54, 1.807) is 24.3 Å². The monoisotopic (exact) mass is 358 g/mol. The Hall–Kier alpha value is -2.33. The Labute approximate surface area is 153 Å². The van der Waals surface area contributed by atoms with Gasteiger partial charge in [0.05, 0.1) is 0 Å². The molecule has 0 spiro atoms. The summed E-state index contributed by atoms with van der Waals surface area (Å²) in [5.41, 5.74) is 1.93. The Morgan fingerprint density at radius 1 is 0.960 bits per heavy atom. The van der Waals surface area contributed by atoms with Gasteiger partial charge in [-0.05, 0) is 49.6 Å². The predicted molar refractivity (Wildman–Crippen MR) is 102 cm³/mol. The van der Waals surface area contributed by atoms with E-state index in [0.29, 0.717) is 10.7 Å². The zero-order valence-corrected chi connectivity index (χ0v) is 15.1. The maximum Gasteiger partial charge on any atom is 0.224 e. The second kappa shape index (κ2) is 9.84.